The van der Waals surface area contributed by atoms with Gasteiger partial charge in [-0.1, -0.05) is 18.0 Å². The number of rotatable bonds is 5. The fourth-order valence-electron chi connectivity index (χ4n) is 2.54. The maximum Gasteiger partial charge on any atom is 0.335 e. The molecule has 5 heteroatoms. The van der Waals surface area contributed by atoms with Gasteiger partial charge in [0.2, 0.25) is 0 Å². The fourth-order valence-corrected chi connectivity index (χ4v) is 2.78. The summed E-state index contributed by atoms with van der Waals surface area (Å²) >= 11 is 6.10. The van der Waals surface area contributed by atoms with E-state index in [2.05, 4.69) is 17.1 Å². The van der Waals surface area contributed by atoms with E-state index in [1.54, 1.807) is 12.1 Å². The number of carboxylic acids is 1. The Morgan fingerprint density at radius 2 is 2.10 bits per heavy atom. The van der Waals surface area contributed by atoms with Crippen LogP contribution in [0.2, 0.25) is 5.02 Å². The van der Waals surface area contributed by atoms with Crippen molar-refractivity contribution in [3.8, 4) is 0 Å². The van der Waals surface area contributed by atoms with Crippen LogP contribution in [0.4, 0.5) is 5.69 Å². The molecule has 1 aromatic carbocycles. The maximum absolute atomic E-state index is 10.9. The van der Waals surface area contributed by atoms with Gasteiger partial charge in [-0.05, 0) is 51.1 Å². The molecule has 1 aliphatic rings. The first-order valence-electron chi connectivity index (χ1n) is 7.08. The predicted molar refractivity (Wildman–Crippen MR) is 81.8 cm³/mol. The molecule has 0 amide bonds. The Bertz CT molecular complexity index is 473. The fraction of sp³-hybridized carbons (Fsp3) is 0.533. The van der Waals surface area contributed by atoms with Crippen LogP contribution in [0.15, 0.2) is 18.2 Å². The molecule has 0 radical (unpaired) electrons. The van der Waals surface area contributed by atoms with Crippen molar-refractivity contribution < 1.29 is 9.90 Å². The molecular formula is C15H21ClN2O2. The number of hydrogen-bond donors (Lipinski definition) is 2. The van der Waals surface area contributed by atoms with Crippen molar-refractivity contribution in [3.63, 3.8) is 0 Å². The van der Waals surface area contributed by atoms with E-state index in [9.17, 15) is 4.79 Å². The maximum atomic E-state index is 10.9. The van der Waals surface area contributed by atoms with Crippen molar-refractivity contribution in [1.82, 2.24) is 4.90 Å². The Kier molecular flexibility index (Phi) is 5.26. The molecule has 2 rings (SSSR count). The lowest BCUT2D eigenvalue weighted by Crippen LogP contribution is -2.41. The summed E-state index contributed by atoms with van der Waals surface area (Å²) < 4.78 is 0. The Morgan fingerprint density at radius 1 is 1.40 bits per heavy atom. The van der Waals surface area contributed by atoms with Crippen LogP contribution in [-0.4, -0.2) is 41.7 Å². The predicted octanol–water partition coefficient (Wildman–Crippen LogP) is 3.32. The van der Waals surface area contributed by atoms with Gasteiger partial charge in [0.25, 0.3) is 0 Å². The van der Waals surface area contributed by atoms with Gasteiger partial charge in [-0.2, -0.15) is 0 Å². The molecule has 0 spiro atoms. The minimum atomic E-state index is -0.958. The molecule has 0 saturated carbocycles. The topological polar surface area (TPSA) is 52.6 Å². The Morgan fingerprint density at radius 3 is 2.70 bits per heavy atom. The molecule has 20 heavy (non-hydrogen) atoms. The zero-order valence-corrected chi connectivity index (χ0v) is 12.5. The normalized spacial score (nSPS) is 17.7. The molecule has 4 nitrogen and oxygen atoms in total. The van der Waals surface area contributed by atoms with Gasteiger partial charge in [-0.25, -0.2) is 4.79 Å². The molecular weight excluding hydrogens is 276 g/mol. The highest BCUT2D eigenvalue weighted by atomic mass is 35.5. The quantitative estimate of drug-likeness (QED) is 0.875. The van der Waals surface area contributed by atoms with E-state index in [1.165, 1.54) is 25.3 Å². The highest BCUT2D eigenvalue weighted by Gasteiger charge is 2.16. The van der Waals surface area contributed by atoms with Crippen molar-refractivity contribution in [3.05, 3.63) is 28.8 Å². The van der Waals surface area contributed by atoms with Crippen LogP contribution in [0.1, 0.15) is 36.5 Å². The highest BCUT2D eigenvalue weighted by Crippen LogP contribution is 2.23. The van der Waals surface area contributed by atoms with Gasteiger partial charge in [0, 0.05) is 12.6 Å². The van der Waals surface area contributed by atoms with Crippen molar-refractivity contribution in [2.24, 2.45) is 0 Å². The number of piperidine rings is 1. The second-order valence-corrected chi connectivity index (χ2v) is 5.73. The number of nitrogens with zero attached hydrogens (tertiary/aromatic N) is 1. The second kappa shape index (κ2) is 6.95. The number of hydrogen-bond acceptors (Lipinski definition) is 3. The molecule has 1 fully saturated rings. The average Bonchev–Trinajstić information content (AvgIpc) is 2.46. The first-order chi connectivity index (χ1) is 9.58. The van der Waals surface area contributed by atoms with Gasteiger partial charge in [0.05, 0.1) is 16.3 Å². The highest BCUT2D eigenvalue weighted by molar-refractivity contribution is 6.33. The molecule has 0 aliphatic carbocycles. The van der Waals surface area contributed by atoms with Crippen LogP contribution in [-0.2, 0) is 0 Å². The molecule has 1 aliphatic heterocycles. The molecule has 1 unspecified atom stereocenters. The molecule has 1 heterocycles. The summed E-state index contributed by atoms with van der Waals surface area (Å²) in [5.41, 5.74) is 1.00. The number of nitrogens with one attached hydrogen (secondary N) is 1. The average molecular weight is 297 g/mol. The number of carboxylic acid groups (broad SMARTS) is 1. The molecule has 2 N–H and O–H groups in total. The van der Waals surface area contributed by atoms with Crippen LogP contribution >= 0.6 is 11.6 Å². The van der Waals surface area contributed by atoms with E-state index in [-0.39, 0.29) is 5.56 Å². The van der Waals surface area contributed by atoms with Crippen LogP contribution in [0.25, 0.3) is 0 Å². The van der Waals surface area contributed by atoms with Crippen LogP contribution in [0.3, 0.4) is 0 Å². The first kappa shape index (κ1) is 15.1. The zero-order valence-electron chi connectivity index (χ0n) is 11.7. The zero-order chi connectivity index (χ0) is 14.5. The Labute approximate surface area is 124 Å². The number of anilines is 1. The largest absolute Gasteiger partial charge is 0.478 e. The molecule has 0 bridgehead atoms. The number of likely N-dealkylation sites (tertiary alicyclic amines) is 1. The van der Waals surface area contributed by atoms with Crippen LogP contribution in [0, 0.1) is 0 Å². The number of halogens is 1. The van der Waals surface area contributed by atoms with Gasteiger partial charge >= 0.3 is 5.97 Å². The van der Waals surface area contributed by atoms with Crippen molar-refractivity contribution in [2.75, 3.05) is 25.0 Å². The number of benzene rings is 1. The summed E-state index contributed by atoms with van der Waals surface area (Å²) in [5.74, 6) is -0.958. The lowest BCUT2D eigenvalue weighted by atomic mass is 10.1. The Hall–Kier alpha value is -1.26. The van der Waals surface area contributed by atoms with Gasteiger partial charge in [0.1, 0.15) is 0 Å². The van der Waals surface area contributed by atoms with Gasteiger partial charge < -0.3 is 10.4 Å². The van der Waals surface area contributed by atoms with Crippen molar-refractivity contribution in [1.29, 1.82) is 0 Å². The lowest BCUT2D eigenvalue weighted by molar-refractivity contribution is 0.0697. The van der Waals surface area contributed by atoms with E-state index in [0.717, 1.165) is 25.3 Å². The summed E-state index contributed by atoms with van der Waals surface area (Å²) in [4.78, 5) is 13.3. The van der Waals surface area contributed by atoms with E-state index in [0.29, 0.717) is 11.1 Å². The van der Waals surface area contributed by atoms with E-state index in [4.69, 9.17) is 16.7 Å². The molecule has 0 aromatic heterocycles. The third-order valence-corrected chi connectivity index (χ3v) is 4.13. The first-order valence-corrected chi connectivity index (χ1v) is 7.46. The smallest absolute Gasteiger partial charge is 0.335 e. The molecule has 1 saturated heterocycles. The monoisotopic (exact) mass is 296 g/mol. The summed E-state index contributed by atoms with van der Waals surface area (Å²) in [5, 5.41) is 12.7. The minimum Gasteiger partial charge on any atom is -0.478 e. The van der Waals surface area contributed by atoms with Crippen LogP contribution in [0.5, 0.6) is 0 Å². The van der Waals surface area contributed by atoms with E-state index in [1.807, 2.05) is 0 Å². The van der Waals surface area contributed by atoms with Gasteiger partial charge in [0.15, 0.2) is 0 Å². The number of carbonyl (C=O) groups is 1. The molecule has 1 atom stereocenters. The van der Waals surface area contributed by atoms with Crippen molar-refractivity contribution >= 4 is 23.3 Å². The van der Waals surface area contributed by atoms with E-state index >= 15 is 0 Å². The lowest BCUT2D eigenvalue weighted by Gasteiger charge is -2.32. The molecule has 110 valence electrons. The Balaban J connectivity index is 1.91. The summed E-state index contributed by atoms with van der Waals surface area (Å²) in [6.07, 6.45) is 3.88. The summed E-state index contributed by atoms with van der Waals surface area (Å²) in [6.45, 7) is 5.34. The third kappa shape index (κ3) is 3.87. The van der Waals surface area contributed by atoms with Crippen molar-refractivity contribution in [2.45, 2.75) is 32.2 Å². The van der Waals surface area contributed by atoms with Gasteiger partial charge in [-0.3, -0.25) is 4.90 Å². The summed E-state index contributed by atoms with van der Waals surface area (Å²) in [6, 6.07) is 5.24. The number of aromatic carboxylic acids is 1. The standard InChI is InChI=1S/C15H21ClN2O2/c1-11(18-7-3-2-4-8-18)10-17-14-6-5-12(15(19)20)9-13(14)16/h5-6,9,11,17H,2-4,7-8,10H2,1H3,(H,19,20). The van der Waals surface area contributed by atoms with Gasteiger partial charge in [-0.15, -0.1) is 0 Å². The third-order valence-electron chi connectivity index (χ3n) is 3.82. The van der Waals surface area contributed by atoms with E-state index < -0.39 is 5.97 Å². The SMILES string of the molecule is CC(CNc1ccc(C(=O)O)cc1Cl)N1CCCCC1. The van der Waals surface area contributed by atoms with Crippen LogP contribution < -0.4 is 5.32 Å². The minimum absolute atomic E-state index is 0.213. The molecule has 1 aromatic rings. The summed E-state index contributed by atoms with van der Waals surface area (Å²) in [7, 11) is 0. The second-order valence-electron chi connectivity index (χ2n) is 5.33.